The Bertz CT molecular complexity index is 489. The van der Waals surface area contributed by atoms with Gasteiger partial charge in [-0.25, -0.2) is 9.78 Å². The monoisotopic (exact) mass is 295 g/mol. The number of carbonyl (C=O) groups excluding carboxylic acids is 1. The number of aliphatic hydroxyl groups excluding tert-OH is 1. The third kappa shape index (κ3) is 4.20. The predicted molar refractivity (Wildman–Crippen MR) is 78.9 cm³/mol. The Morgan fingerprint density at radius 2 is 2.24 bits per heavy atom. The van der Waals surface area contributed by atoms with Crippen molar-refractivity contribution >= 4 is 6.09 Å². The summed E-state index contributed by atoms with van der Waals surface area (Å²) in [5.41, 5.74) is 0.244. The SMILES string of the molecule is CC(C1CC1)n1cncc1C(CO)NC(=O)OC(C)(C)C. The molecule has 0 saturated heterocycles. The number of imidazole rings is 1. The van der Waals surface area contributed by atoms with Crippen molar-refractivity contribution < 1.29 is 14.6 Å². The lowest BCUT2D eigenvalue weighted by Gasteiger charge is -2.24. The zero-order chi connectivity index (χ0) is 15.6. The second kappa shape index (κ2) is 6.05. The molecule has 1 aliphatic rings. The molecule has 1 aromatic rings. The van der Waals surface area contributed by atoms with E-state index in [-0.39, 0.29) is 6.61 Å². The molecule has 6 nitrogen and oxygen atoms in total. The number of hydrogen-bond donors (Lipinski definition) is 2. The Kier molecular flexibility index (Phi) is 4.56. The van der Waals surface area contributed by atoms with Crippen LogP contribution in [0.2, 0.25) is 0 Å². The molecule has 1 amide bonds. The summed E-state index contributed by atoms with van der Waals surface area (Å²) in [6, 6.07) is -0.180. The van der Waals surface area contributed by atoms with E-state index in [1.54, 1.807) is 33.3 Å². The van der Waals surface area contributed by atoms with Crippen LogP contribution in [0.1, 0.15) is 58.3 Å². The Hall–Kier alpha value is -1.56. The number of amides is 1. The van der Waals surface area contributed by atoms with Crippen molar-refractivity contribution in [1.82, 2.24) is 14.9 Å². The summed E-state index contributed by atoms with van der Waals surface area (Å²) in [6.45, 7) is 7.37. The summed E-state index contributed by atoms with van der Waals surface area (Å²) in [5, 5.41) is 12.3. The second-order valence-corrected chi connectivity index (χ2v) is 6.69. The summed E-state index contributed by atoms with van der Waals surface area (Å²) in [4.78, 5) is 16.0. The van der Waals surface area contributed by atoms with Crippen molar-refractivity contribution in [2.45, 2.75) is 58.2 Å². The van der Waals surface area contributed by atoms with E-state index in [0.29, 0.717) is 12.0 Å². The average Bonchev–Trinajstić information content (AvgIpc) is 3.11. The first-order valence-electron chi connectivity index (χ1n) is 7.44. The van der Waals surface area contributed by atoms with Gasteiger partial charge in [0, 0.05) is 6.04 Å². The van der Waals surface area contributed by atoms with Crippen LogP contribution in [0.15, 0.2) is 12.5 Å². The van der Waals surface area contributed by atoms with Crippen LogP contribution >= 0.6 is 0 Å². The van der Waals surface area contributed by atoms with E-state index in [9.17, 15) is 9.90 Å². The smallest absolute Gasteiger partial charge is 0.408 e. The maximum atomic E-state index is 11.9. The zero-order valence-electron chi connectivity index (χ0n) is 13.2. The maximum Gasteiger partial charge on any atom is 0.408 e. The molecule has 6 heteroatoms. The van der Waals surface area contributed by atoms with E-state index in [2.05, 4.69) is 17.2 Å². The standard InChI is InChI=1S/C15H25N3O3/c1-10(11-5-6-11)18-9-16-7-13(18)12(8-19)17-14(20)21-15(2,3)4/h7,9-12,19H,5-6,8H2,1-4H3,(H,17,20). The average molecular weight is 295 g/mol. The molecule has 0 aromatic carbocycles. The molecule has 0 radical (unpaired) electrons. The summed E-state index contributed by atoms with van der Waals surface area (Å²) in [7, 11) is 0. The van der Waals surface area contributed by atoms with E-state index < -0.39 is 17.7 Å². The quantitative estimate of drug-likeness (QED) is 0.874. The van der Waals surface area contributed by atoms with Gasteiger partial charge in [0.2, 0.25) is 0 Å². The molecule has 1 heterocycles. The lowest BCUT2D eigenvalue weighted by Crippen LogP contribution is -2.37. The third-order valence-corrected chi connectivity index (χ3v) is 3.67. The van der Waals surface area contributed by atoms with Gasteiger partial charge in [-0.2, -0.15) is 0 Å². The first-order valence-corrected chi connectivity index (χ1v) is 7.44. The normalized spacial score (nSPS) is 18.1. The Balaban J connectivity index is 2.07. The molecule has 1 aromatic heterocycles. The van der Waals surface area contributed by atoms with Crippen molar-refractivity contribution in [3.05, 3.63) is 18.2 Å². The zero-order valence-corrected chi connectivity index (χ0v) is 13.2. The minimum Gasteiger partial charge on any atom is -0.444 e. The molecule has 1 aliphatic carbocycles. The van der Waals surface area contributed by atoms with E-state index in [1.165, 1.54) is 12.8 Å². The highest BCUT2D eigenvalue weighted by molar-refractivity contribution is 5.68. The van der Waals surface area contributed by atoms with Gasteiger partial charge in [-0.3, -0.25) is 0 Å². The molecule has 1 saturated carbocycles. The van der Waals surface area contributed by atoms with Crippen molar-refractivity contribution in [3.8, 4) is 0 Å². The van der Waals surface area contributed by atoms with Crippen LogP contribution in [-0.2, 0) is 4.74 Å². The summed E-state index contributed by atoms with van der Waals surface area (Å²) in [6.07, 6.45) is 5.37. The largest absolute Gasteiger partial charge is 0.444 e. The minimum atomic E-state index is -0.564. The van der Waals surface area contributed by atoms with E-state index in [4.69, 9.17) is 4.74 Å². The lowest BCUT2D eigenvalue weighted by atomic mass is 10.1. The van der Waals surface area contributed by atoms with Gasteiger partial charge >= 0.3 is 6.09 Å². The number of ether oxygens (including phenoxy) is 1. The summed E-state index contributed by atoms with van der Waals surface area (Å²) in [5.74, 6) is 0.666. The van der Waals surface area contributed by atoms with Gasteiger partial charge in [0.15, 0.2) is 0 Å². The van der Waals surface area contributed by atoms with E-state index in [0.717, 1.165) is 5.69 Å². The Labute approximate surface area is 125 Å². The number of carbonyl (C=O) groups is 1. The molecule has 0 spiro atoms. The van der Waals surface area contributed by atoms with Crippen LogP contribution in [0.25, 0.3) is 0 Å². The summed E-state index contributed by atoms with van der Waals surface area (Å²) >= 11 is 0. The number of hydrogen-bond acceptors (Lipinski definition) is 4. The lowest BCUT2D eigenvalue weighted by molar-refractivity contribution is 0.0478. The van der Waals surface area contributed by atoms with E-state index in [1.807, 2.05) is 4.57 Å². The number of nitrogens with one attached hydrogen (secondary N) is 1. The Morgan fingerprint density at radius 3 is 2.76 bits per heavy atom. The number of aromatic nitrogens is 2. The molecule has 118 valence electrons. The molecule has 2 rings (SSSR count). The molecular formula is C15H25N3O3. The molecule has 1 fully saturated rings. The maximum absolute atomic E-state index is 11.9. The van der Waals surface area contributed by atoms with Crippen molar-refractivity contribution in [3.63, 3.8) is 0 Å². The molecule has 2 atom stereocenters. The Morgan fingerprint density at radius 1 is 1.57 bits per heavy atom. The predicted octanol–water partition coefficient (Wildman–Crippen LogP) is 2.41. The minimum absolute atomic E-state index is 0.192. The van der Waals surface area contributed by atoms with Crippen molar-refractivity contribution in [2.24, 2.45) is 5.92 Å². The van der Waals surface area contributed by atoms with Gasteiger partial charge in [0.05, 0.1) is 30.9 Å². The molecule has 2 N–H and O–H groups in total. The highest BCUT2D eigenvalue weighted by atomic mass is 16.6. The van der Waals surface area contributed by atoms with Gasteiger partial charge in [0.25, 0.3) is 0 Å². The second-order valence-electron chi connectivity index (χ2n) is 6.69. The fraction of sp³-hybridized carbons (Fsp3) is 0.733. The van der Waals surface area contributed by atoms with Gasteiger partial charge < -0.3 is 19.7 Å². The molecule has 2 unspecified atom stereocenters. The van der Waals surface area contributed by atoms with Gasteiger partial charge in [-0.15, -0.1) is 0 Å². The van der Waals surface area contributed by atoms with Crippen LogP contribution in [-0.4, -0.2) is 33.0 Å². The van der Waals surface area contributed by atoms with E-state index >= 15 is 0 Å². The van der Waals surface area contributed by atoms with Crippen LogP contribution in [0.5, 0.6) is 0 Å². The highest BCUT2D eigenvalue weighted by Crippen LogP contribution is 2.40. The first kappa shape index (κ1) is 15.8. The molecule has 21 heavy (non-hydrogen) atoms. The van der Waals surface area contributed by atoms with Crippen LogP contribution < -0.4 is 5.32 Å². The van der Waals surface area contributed by atoms with Gasteiger partial charge in [-0.05, 0) is 46.5 Å². The number of aliphatic hydroxyl groups is 1. The highest BCUT2D eigenvalue weighted by Gasteiger charge is 2.31. The van der Waals surface area contributed by atoms with Crippen molar-refractivity contribution in [2.75, 3.05) is 6.61 Å². The molecule has 0 aliphatic heterocycles. The molecule has 0 bridgehead atoms. The van der Waals surface area contributed by atoms with Crippen LogP contribution in [0.3, 0.4) is 0 Å². The number of rotatable bonds is 5. The topological polar surface area (TPSA) is 76.4 Å². The number of alkyl carbamates (subject to hydrolysis) is 1. The van der Waals surface area contributed by atoms with Crippen LogP contribution in [0.4, 0.5) is 4.79 Å². The summed E-state index contributed by atoms with van der Waals surface area (Å²) < 4.78 is 7.28. The fourth-order valence-corrected chi connectivity index (χ4v) is 2.39. The van der Waals surface area contributed by atoms with Gasteiger partial charge in [0.1, 0.15) is 5.60 Å². The fourth-order valence-electron chi connectivity index (χ4n) is 2.39. The van der Waals surface area contributed by atoms with Crippen LogP contribution in [0, 0.1) is 5.92 Å². The van der Waals surface area contributed by atoms with Crippen molar-refractivity contribution in [1.29, 1.82) is 0 Å². The first-order chi connectivity index (χ1) is 9.81. The number of nitrogens with zero attached hydrogens (tertiary/aromatic N) is 2. The molecular weight excluding hydrogens is 270 g/mol. The van der Waals surface area contributed by atoms with Gasteiger partial charge in [-0.1, -0.05) is 0 Å². The third-order valence-electron chi connectivity index (χ3n) is 3.67.